The van der Waals surface area contributed by atoms with E-state index in [1.54, 1.807) is 0 Å². The van der Waals surface area contributed by atoms with Gasteiger partial charge in [0, 0.05) is 18.5 Å². The summed E-state index contributed by atoms with van der Waals surface area (Å²) < 4.78 is 0. The molecule has 2 unspecified atom stereocenters. The van der Waals surface area contributed by atoms with Crippen LogP contribution in [0.3, 0.4) is 0 Å². The zero-order valence-electron chi connectivity index (χ0n) is 10.7. The summed E-state index contributed by atoms with van der Waals surface area (Å²) in [5.74, 6) is 0.755. The van der Waals surface area contributed by atoms with Crippen LogP contribution in [0.2, 0.25) is 0 Å². The second-order valence-corrected chi connectivity index (χ2v) is 5.06. The van der Waals surface area contributed by atoms with Gasteiger partial charge in [-0.2, -0.15) is 0 Å². The van der Waals surface area contributed by atoms with E-state index in [1.165, 1.54) is 32.1 Å². The van der Waals surface area contributed by atoms with Crippen molar-refractivity contribution in [3.8, 4) is 0 Å². The van der Waals surface area contributed by atoms with Crippen LogP contribution in [0.5, 0.6) is 0 Å². The van der Waals surface area contributed by atoms with Gasteiger partial charge in [0.15, 0.2) is 0 Å². The van der Waals surface area contributed by atoms with Crippen molar-refractivity contribution >= 4 is 5.91 Å². The number of carbonyl (C=O) groups is 1. The van der Waals surface area contributed by atoms with Gasteiger partial charge in [0.25, 0.3) is 0 Å². The summed E-state index contributed by atoms with van der Waals surface area (Å²) in [6.45, 7) is 4.49. The van der Waals surface area contributed by atoms with E-state index >= 15 is 0 Å². The molecular formula is C13H26N2O. The molecule has 94 valence electrons. The lowest BCUT2D eigenvalue weighted by Gasteiger charge is -2.31. The molecule has 1 rings (SSSR count). The summed E-state index contributed by atoms with van der Waals surface area (Å²) in [7, 11) is 0. The first-order chi connectivity index (χ1) is 7.69. The highest BCUT2D eigenvalue weighted by molar-refractivity contribution is 5.78. The molecule has 2 atom stereocenters. The molecule has 0 aromatic rings. The van der Waals surface area contributed by atoms with E-state index in [0.717, 1.165) is 6.42 Å². The predicted molar refractivity (Wildman–Crippen MR) is 67.0 cm³/mol. The number of carbonyl (C=O) groups excluding carboxylic acids is 1. The molecule has 3 nitrogen and oxygen atoms in total. The Bertz CT molecular complexity index is 212. The van der Waals surface area contributed by atoms with E-state index in [4.69, 9.17) is 5.73 Å². The minimum absolute atomic E-state index is 0.0577. The highest BCUT2D eigenvalue weighted by Crippen LogP contribution is 2.27. The lowest BCUT2D eigenvalue weighted by Crippen LogP contribution is -2.44. The van der Waals surface area contributed by atoms with Crippen molar-refractivity contribution in [3.05, 3.63) is 0 Å². The normalized spacial score (nSPS) is 21.4. The Morgan fingerprint density at radius 2 is 2.00 bits per heavy atom. The van der Waals surface area contributed by atoms with Gasteiger partial charge in [0.1, 0.15) is 0 Å². The van der Waals surface area contributed by atoms with Gasteiger partial charge in [-0.15, -0.1) is 0 Å². The van der Waals surface area contributed by atoms with E-state index < -0.39 is 0 Å². The SMILES string of the molecule is CCC(NC(=O)C(C)CN)C1CCCCC1. The zero-order chi connectivity index (χ0) is 12.0. The van der Waals surface area contributed by atoms with Gasteiger partial charge in [0.2, 0.25) is 5.91 Å². The van der Waals surface area contributed by atoms with Gasteiger partial charge >= 0.3 is 0 Å². The lowest BCUT2D eigenvalue weighted by molar-refractivity contribution is -0.125. The number of amides is 1. The van der Waals surface area contributed by atoms with Crippen molar-refractivity contribution in [1.82, 2.24) is 5.32 Å². The fourth-order valence-corrected chi connectivity index (χ4v) is 2.52. The molecule has 1 amide bonds. The van der Waals surface area contributed by atoms with Gasteiger partial charge in [0.05, 0.1) is 0 Å². The lowest BCUT2D eigenvalue weighted by atomic mass is 9.83. The van der Waals surface area contributed by atoms with Crippen molar-refractivity contribution in [1.29, 1.82) is 0 Å². The average Bonchev–Trinajstić information content (AvgIpc) is 2.35. The van der Waals surface area contributed by atoms with Crippen molar-refractivity contribution in [2.45, 2.75) is 58.4 Å². The fourth-order valence-electron chi connectivity index (χ4n) is 2.52. The molecule has 3 heteroatoms. The van der Waals surface area contributed by atoms with Gasteiger partial charge in [-0.3, -0.25) is 4.79 Å². The fraction of sp³-hybridized carbons (Fsp3) is 0.923. The number of nitrogens with one attached hydrogen (secondary N) is 1. The van der Waals surface area contributed by atoms with E-state index in [-0.39, 0.29) is 11.8 Å². The van der Waals surface area contributed by atoms with Crippen LogP contribution in [0.15, 0.2) is 0 Å². The Kier molecular flexibility index (Phi) is 5.81. The molecule has 0 heterocycles. The van der Waals surface area contributed by atoms with Crippen LogP contribution in [-0.2, 0) is 4.79 Å². The third-order valence-corrected chi connectivity index (χ3v) is 3.79. The third kappa shape index (κ3) is 3.78. The molecule has 0 aliphatic heterocycles. The Hall–Kier alpha value is -0.570. The topological polar surface area (TPSA) is 55.1 Å². The number of nitrogens with two attached hydrogens (primary N) is 1. The van der Waals surface area contributed by atoms with Crippen LogP contribution in [0, 0.1) is 11.8 Å². The van der Waals surface area contributed by atoms with E-state index in [2.05, 4.69) is 12.2 Å². The molecular weight excluding hydrogens is 200 g/mol. The molecule has 0 aromatic heterocycles. The standard InChI is InChI=1S/C13H26N2O/c1-3-12(11-7-5-4-6-8-11)15-13(16)10(2)9-14/h10-12H,3-9,14H2,1-2H3,(H,15,16). The second kappa shape index (κ2) is 6.89. The number of rotatable bonds is 5. The van der Waals surface area contributed by atoms with Gasteiger partial charge in [-0.1, -0.05) is 33.1 Å². The molecule has 0 bridgehead atoms. The molecule has 0 aromatic carbocycles. The van der Waals surface area contributed by atoms with E-state index in [1.807, 2.05) is 6.92 Å². The average molecular weight is 226 g/mol. The second-order valence-electron chi connectivity index (χ2n) is 5.06. The van der Waals surface area contributed by atoms with Gasteiger partial charge in [-0.25, -0.2) is 0 Å². The quantitative estimate of drug-likeness (QED) is 0.754. The van der Waals surface area contributed by atoms with Crippen LogP contribution in [-0.4, -0.2) is 18.5 Å². The van der Waals surface area contributed by atoms with E-state index in [9.17, 15) is 4.79 Å². The zero-order valence-corrected chi connectivity index (χ0v) is 10.7. The van der Waals surface area contributed by atoms with Crippen molar-refractivity contribution in [2.24, 2.45) is 17.6 Å². The maximum Gasteiger partial charge on any atom is 0.224 e. The Balaban J connectivity index is 2.44. The first kappa shape index (κ1) is 13.5. The molecule has 1 saturated carbocycles. The summed E-state index contributed by atoms with van der Waals surface area (Å²) in [6, 6.07) is 0.363. The molecule has 0 radical (unpaired) electrons. The summed E-state index contributed by atoms with van der Waals surface area (Å²) in [5, 5.41) is 3.17. The largest absolute Gasteiger partial charge is 0.353 e. The smallest absolute Gasteiger partial charge is 0.224 e. The first-order valence-corrected chi connectivity index (χ1v) is 6.69. The predicted octanol–water partition coefficient (Wildman–Crippen LogP) is 2.06. The summed E-state index contributed by atoms with van der Waals surface area (Å²) in [4.78, 5) is 11.8. The molecule has 0 spiro atoms. The minimum Gasteiger partial charge on any atom is -0.353 e. The molecule has 3 N–H and O–H groups in total. The summed E-state index contributed by atoms with van der Waals surface area (Å²) in [6.07, 6.45) is 7.59. The Morgan fingerprint density at radius 3 is 2.50 bits per heavy atom. The van der Waals surface area contributed by atoms with Crippen LogP contribution < -0.4 is 11.1 Å². The van der Waals surface area contributed by atoms with Crippen LogP contribution in [0.25, 0.3) is 0 Å². The number of hydrogen-bond donors (Lipinski definition) is 2. The highest BCUT2D eigenvalue weighted by atomic mass is 16.1. The molecule has 1 aliphatic rings. The molecule has 1 fully saturated rings. The van der Waals surface area contributed by atoms with Crippen molar-refractivity contribution < 1.29 is 4.79 Å². The third-order valence-electron chi connectivity index (χ3n) is 3.79. The monoisotopic (exact) mass is 226 g/mol. The summed E-state index contributed by atoms with van der Waals surface area (Å²) in [5.41, 5.74) is 5.51. The maximum atomic E-state index is 11.8. The molecule has 1 aliphatic carbocycles. The maximum absolute atomic E-state index is 11.8. The van der Waals surface area contributed by atoms with Crippen LogP contribution in [0.4, 0.5) is 0 Å². The van der Waals surface area contributed by atoms with Crippen LogP contribution in [0.1, 0.15) is 52.4 Å². The first-order valence-electron chi connectivity index (χ1n) is 6.69. The van der Waals surface area contributed by atoms with Gasteiger partial charge < -0.3 is 11.1 Å². The van der Waals surface area contributed by atoms with Crippen molar-refractivity contribution in [2.75, 3.05) is 6.54 Å². The Morgan fingerprint density at radius 1 is 1.38 bits per heavy atom. The molecule has 0 saturated heterocycles. The Labute approximate surface area is 99.2 Å². The van der Waals surface area contributed by atoms with Crippen molar-refractivity contribution in [3.63, 3.8) is 0 Å². The minimum atomic E-state index is -0.0577. The highest BCUT2D eigenvalue weighted by Gasteiger charge is 2.24. The number of hydrogen-bond acceptors (Lipinski definition) is 2. The molecule has 16 heavy (non-hydrogen) atoms. The van der Waals surface area contributed by atoms with Crippen LogP contribution >= 0.6 is 0 Å². The summed E-state index contributed by atoms with van der Waals surface area (Å²) >= 11 is 0. The van der Waals surface area contributed by atoms with Gasteiger partial charge in [-0.05, 0) is 25.2 Å². The van der Waals surface area contributed by atoms with E-state index in [0.29, 0.717) is 18.5 Å².